The minimum atomic E-state index is -0.0799. The minimum Gasteiger partial charge on any atom is -0.497 e. The van der Waals surface area contributed by atoms with Crippen LogP contribution in [0.1, 0.15) is 18.9 Å². The number of aromatic nitrogens is 2. The van der Waals surface area contributed by atoms with Crippen LogP contribution in [0.15, 0.2) is 24.3 Å². The number of nitrogens with one attached hydrogen (secondary N) is 1. The summed E-state index contributed by atoms with van der Waals surface area (Å²) < 4.78 is 10.8. The number of carbonyl (C=O) groups excluding carboxylic acids is 1. The SMILES string of the molecule is COc1cccc(OCCc2nnc(NC(=O)C(C)C)s2)c1. The maximum Gasteiger partial charge on any atom is 0.228 e. The van der Waals surface area contributed by atoms with E-state index in [1.165, 1.54) is 11.3 Å². The van der Waals surface area contributed by atoms with Crippen molar-refractivity contribution >= 4 is 22.4 Å². The van der Waals surface area contributed by atoms with Crippen molar-refractivity contribution in [1.82, 2.24) is 10.2 Å². The molecular weight excluding hydrogens is 302 g/mol. The zero-order valence-corrected chi connectivity index (χ0v) is 13.6. The van der Waals surface area contributed by atoms with Gasteiger partial charge < -0.3 is 14.8 Å². The van der Waals surface area contributed by atoms with Gasteiger partial charge in [-0.25, -0.2) is 0 Å². The molecule has 0 atom stereocenters. The number of hydrogen-bond donors (Lipinski definition) is 1. The maximum absolute atomic E-state index is 11.6. The lowest BCUT2D eigenvalue weighted by molar-refractivity contribution is -0.118. The standard InChI is InChI=1S/C15H19N3O3S/c1-10(2)14(19)16-15-18-17-13(22-15)7-8-21-12-6-4-5-11(9-12)20-3/h4-6,9-10H,7-8H2,1-3H3,(H,16,18,19). The van der Waals surface area contributed by atoms with Crippen LogP contribution in [0, 0.1) is 5.92 Å². The highest BCUT2D eigenvalue weighted by molar-refractivity contribution is 7.15. The summed E-state index contributed by atoms with van der Waals surface area (Å²) in [5.74, 6) is 1.36. The molecule has 22 heavy (non-hydrogen) atoms. The summed E-state index contributed by atoms with van der Waals surface area (Å²) in [7, 11) is 1.62. The molecule has 0 bridgehead atoms. The van der Waals surface area contributed by atoms with Gasteiger partial charge in [0.15, 0.2) is 0 Å². The van der Waals surface area contributed by atoms with E-state index in [-0.39, 0.29) is 11.8 Å². The Kier molecular flexibility index (Phi) is 5.71. The van der Waals surface area contributed by atoms with Gasteiger partial charge in [-0.15, -0.1) is 10.2 Å². The van der Waals surface area contributed by atoms with Crippen LogP contribution in [-0.2, 0) is 11.2 Å². The minimum absolute atomic E-state index is 0.0599. The van der Waals surface area contributed by atoms with Crippen LogP contribution in [0.3, 0.4) is 0 Å². The van der Waals surface area contributed by atoms with Gasteiger partial charge in [0.05, 0.1) is 13.7 Å². The van der Waals surface area contributed by atoms with Crippen LogP contribution in [0.2, 0.25) is 0 Å². The zero-order chi connectivity index (χ0) is 15.9. The molecule has 1 aromatic heterocycles. The Balaban J connectivity index is 1.82. The molecule has 0 fully saturated rings. The maximum atomic E-state index is 11.6. The first kappa shape index (κ1) is 16.2. The van der Waals surface area contributed by atoms with Crippen LogP contribution in [0.5, 0.6) is 11.5 Å². The van der Waals surface area contributed by atoms with E-state index >= 15 is 0 Å². The predicted octanol–water partition coefficient (Wildman–Crippen LogP) is 2.76. The van der Waals surface area contributed by atoms with Gasteiger partial charge in [-0.05, 0) is 12.1 Å². The van der Waals surface area contributed by atoms with E-state index in [9.17, 15) is 4.79 Å². The normalized spacial score (nSPS) is 10.5. The summed E-state index contributed by atoms with van der Waals surface area (Å²) >= 11 is 1.36. The Hall–Kier alpha value is -2.15. The van der Waals surface area contributed by atoms with E-state index < -0.39 is 0 Å². The Labute approximate surface area is 133 Å². The number of methoxy groups -OCH3 is 1. The molecule has 0 spiro atoms. The van der Waals surface area contributed by atoms with Gasteiger partial charge in [0.2, 0.25) is 11.0 Å². The second kappa shape index (κ2) is 7.74. The van der Waals surface area contributed by atoms with E-state index in [0.717, 1.165) is 16.5 Å². The van der Waals surface area contributed by atoms with E-state index in [1.54, 1.807) is 7.11 Å². The van der Waals surface area contributed by atoms with Gasteiger partial charge in [-0.2, -0.15) is 0 Å². The van der Waals surface area contributed by atoms with E-state index in [1.807, 2.05) is 38.1 Å². The molecule has 0 radical (unpaired) electrons. The Morgan fingerprint density at radius 2 is 2.09 bits per heavy atom. The first-order chi connectivity index (χ1) is 10.6. The number of benzene rings is 1. The molecule has 0 saturated heterocycles. The monoisotopic (exact) mass is 321 g/mol. The first-order valence-electron chi connectivity index (χ1n) is 6.98. The van der Waals surface area contributed by atoms with Crippen LogP contribution in [0.4, 0.5) is 5.13 Å². The fourth-order valence-electron chi connectivity index (χ4n) is 1.60. The molecule has 7 heteroatoms. The van der Waals surface area contributed by atoms with E-state index in [0.29, 0.717) is 18.2 Å². The Bertz CT molecular complexity index is 628. The van der Waals surface area contributed by atoms with Gasteiger partial charge in [-0.1, -0.05) is 31.3 Å². The lowest BCUT2D eigenvalue weighted by Gasteiger charge is -2.06. The second-order valence-electron chi connectivity index (χ2n) is 4.92. The molecule has 1 amide bonds. The van der Waals surface area contributed by atoms with Crippen molar-refractivity contribution in [3.05, 3.63) is 29.3 Å². The summed E-state index contributed by atoms with van der Waals surface area (Å²) in [6, 6.07) is 7.44. The van der Waals surface area contributed by atoms with Crippen molar-refractivity contribution in [3.8, 4) is 11.5 Å². The molecule has 1 aromatic carbocycles. The molecule has 1 heterocycles. The van der Waals surface area contributed by atoms with Gasteiger partial charge >= 0.3 is 0 Å². The van der Waals surface area contributed by atoms with E-state index in [2.05, 4.69) is 15.5 Å². The number of nitrogens with zero attached hydrogens (tertiary/aromatic N) is 2. The fraction of sp³-hybridized carbons (Fsp3) is 0.400. The Morgan fingerprint density at radius 1 is 1.32 bits per heavy atom. The lowest BCUT2D eigenvalue weighted by Crippen LogP contribution is -2.17. The first-order valence-corrected chi connectivity index (χ1v) is 7.80. The van der Waals surface area contributed by atoms with Crippen molar-refractivity contribution in [3.63, 3.8) is 0 Å². The van der Waals surface area contributed by atoms with Gasteiger partial charge in [0, 0.05) is 18.4 Å². The third-order valence-corrected chi connectivity index (χ3v) is 3.75. The molecule has 0 aliphatic rings. The second-order valence-corrected chi connectivity index (χ2v) is 5.98. The number of anilines is 1. The molecule has 0 aliphatic carbocycles. The largest absolute Gasteiger partial charge is 0.497 e. The predicted molar refractivity (Wildman–Crippen MR) is 85.6 cm³/mol. The highest BCUT2D eigenvalue weighted by atomic mass is 32.1. The smallest absolute Gasteiger partial charge is 0.228 e. The molecule has 0 saturated carbocycles. The molecule has 0 unspecified atom stereocenters. The average Bonchev–Trinajstić information content (AvgIpc) is 2.95. The Morgan fingerprint density at radius 3 is 2.82 bits per heavy atom. The lowest BCUT2D eigenvalue weighted by atomic mass is 10.2. The summed E-state index contributed by atoms with van der Waals surface area (Å²) in [5.41, 5.74) is 0. The average molecular weight is 321 g/mol. The quantitative estimate of drug-likeness (QED) is 0.849. The number of carbonyl (C=O) groups is 1. The molecule has 2 aromatic rings. The molecule has 0 aliphatic heterocycles. The topological polar surface area (TPSA) is 73.3 Å². The summed E-state index contributed by atoms with van der Waals surface area (Å²) in [6.45, 7) is 4.15. The summed E-state index contributed by atoms with van der Waals surface area (Å²) in [6.07, 6.45) is 0.631. The van der Waals surface area contributed by atoms with Crippen molar-refractivity contribution in [2.45, 2.75) is 20.3 Å². The summed E-state index contributed by atoms with van der Waals surface area (Å²) in [5, 5.41) is 12.1. The van der Waals surface area contributed by atoms with Gasteiger partial charge in [0.1, 0.15) is 16.5 Å². The molecule has 118 valence electrons. The highest BCUT2D eigenvalue weighted by Gasteiger charge is 2.11. The molecular formula is C15H19N3O3S. The number of rotatable bonds is 7. The van der Waals surface area contributed by atoms with Crippen molar-refractivity contribution in [2.75, 3.05) is 19.0 Å². The van der Waals surface area contributed by atoms with Crippen molar-refractivity contribution in [2.24, 2.45) is 5.92 Å². The molecule has 1 N–H and O–H groups in total. The fourth-order valence-corrected chi connectivity index (χ4v) is 2.33. The number of hydrogen-bond acceptors (Lipinski definition) is 6. The third kappa shape index (κ3) is 4.70. The number of amides is 1. The van der Waals surface area contributed by atoms with Crippen LogP contribution in [0.25, 0.3) is 0 Å². The van der Waals surface area contributed by atoms with E-state index in [4.69, 9.17) is 9.47 Å². The van der Waals surface area contributed by atoms with Crippen molar-refractivity contribution < 1.29 is 14.3 Å². The van der Waals surface area contributed by atoms with Crippen LogP contribution in [-0.4, -0.2) is 29.8 Å². The molecule has 2 rings (SSSR count). The molecule has 6 nitrogen and oxygen atoms in total. The number of ether oxygens (including phenoxy) is 2. The van der Waals surface area contributed by atoms with Gasteiger partial charge in [-0.3, -0.25) is 4.79 Å². The van der Waals surface area contributed by atoms with Crippen LogP contribution >= 0.6 is 11.3 Å². The van der Waals surface area contributed by atoms with Gasteiger partial charge in [0.25, 0.3) is 0 Å². The van der Waals surface area contributed by atoms with Crippen molar-refractivity contribution in [1.29, 1.82) is 0 Å². The zero-order valence-electron chi connectivity index (χ0n) is 12.8. The van der Waals surface area contributed by atoms with Crippen LogP contribution < -0.4 is 14.8 Å². The highest BCUT2D eigenvalue weighted by Crippen LogP contribution is 2.20. The third-order valence-electron chi connectivity index (χ3n) is 2.85. The summed E-state index contributed by atoms with van der Waals surface area (Å²) in [4.78, 5) is 11.6.